The molecule has 0 aromatic carbocycles. The van der Waals surface area contributed by atoms with Crippen LogP contribution >= 0.6 is 0 Å². The minimum absolute atomic E-state index is 0.0560. The van der Waals surface area contributed by atoms with Gasteiger partial charge in [0.2, 0.25) is 5.91 Å². The number of pyridine rings is 1. The molecule has 0 radical (unpaired) electrons. The van der Waals surface area contributed by atoms with Crippen LogP contribution in [-0.2, 0) is 11.8 Å². The molecule has 22 heavy (non-hydrogen) atoms. The standard InChI is InChI=1S/C17H26N2O3/c1-12(2)9-17(21)19-7-5-14(6-8-19)22-15-10-13(3)18(4)16(20)11-15/h10-12,14H,5-9H2,1-4H3. The molecule has 1 fully saturated rings. The Hall–Kier alpha value is -1.78. The summed E-state index contributed by atoms with van der Waals surface area (Å²) in [6, 6.07) is 3.42. The lowest BCUT2D eigenvalue weighted by Crippen LogP contribution is -2.42. The number of nitrogens with zero attached hydrogens (tertiary/aromatic N) is 2. The lowest BCUT2D eigenvalue weighted by atomic mass is 10.0. The fraction of sp³-hybridized carbons (Fsp3) is 0.647. The first-order chi connectivity index (χ1) is 10.4. The maximum Gasteiger partial charge on any atom is 0.254 e. The molecule has 0 saturated carbocycles. The highest BCUT2D eigenvalue weighted by Gasteiger charge is 2.24. The summed E-state index contributed by atoms with van der Waals surface area (Å²) in [5, 5.41) is 0. The largest absolute Gasteiger partial charge is 0.490 e. The Labute approximate surface area is 131 Å². The molecular formula is C17H26N2O3. The molecule has 2 rings (SSSR count). The summed E-state index contributed by atoms with van der Waals surface area (Å²) in [4.78, 5) is 25.7. The molecule has 5 heteroatoms. The van der Waals surface area contributed by atoms with Gasteiger partial charge in [-0.2, -0.15) is 0 Å². The zero-order chi connectivity index (χ0) is 16.3. The summed E-state index contributed by atoms with van der Waals surface area (Å²) in [6.07, 6.45) is 2.32. The second-order valence-electron chi connectivity index (χ2n) is 6.53. The van der Waals surface area contributed by atoms with Crippen LogP contribution in [0.5, 0.6) is 5.75 Å². The monoisotopic (exact) mass is 306 g/mol. The third-order valence-corrected chi connectivity index (χ3v) is 4.16. The van der Waals surface area contributed by atoms with Gasteiger partial charge < -0.3 is 14.2 Å². The highest BCUT2D eigenvalue weighted by molar-refractivity contribution is 5.76. The van der Waals surface area contributed by atoms with Crippen molar-refractivity contribution in [2.75, 3.05) is 13.1 Å². The number of hydrogen-bond acceptors (Lipinski definition) is 3. The van der Waals surface area contributed by atoms with Gasteiger partial charge >= 0.3 is 0 Å². The highest BCUT2D eigenvalue weighted by atomic mass is 16.5. The second-order valence-corrected chi connectivity index (χ2v) is 6.53. The van der Waals surface area contributed by atoms with Crippen molar-refractivity contribution in [3.05, 3.63) is 28.2 Å². The molecule has 0 unspecified atom stereocenters. The topological polar surface area (TPSA) is 51.5 Å². The van der Waals surface area contributed by atoms with Crippen molar-refractivity contribution in [1.29, 1.82) is 0 Å². The molecule has 1 amide bonds. The number of likely N-dealkylation sites (tertiary alicyclic amines) is 1. The summed E-state index contributed by atoms with van der Waals surface area (Å²) in [6.45, 7) is 7.49. The predicted molar refractivity (Wildman–Crippen MR) is 86.1 cm³/mol. The number of carbonyl (C=O) groups excluding carboxylic acids is 1. The minimum atomic E-state index is -0.0560. The fourth-order valence-electron chi connectivity index (χ4n) is 2.70. The molecule has 0 N–H and O–H groups in total. The van der Waals surface area contributed by atoms with Crippen molar-refractivity contribution in [2.45, 2.75) is 46.1 Å². The Balaban J connectivity index is 1.90. The average Bonchev–Trinajstić information content (AvgIpc) is 2.44. The molecule has 0 aliphatic carbocycles. The summed E-state index contributed by atoms with van der Waals surface area (Å²) in [7, 11) is 1.75. The van der Waals surface area contributed by atoms with Crippen LogP contribution in [0.2, 0.25) is 0 Å². The molecule has 2 heterocycles. The van der Waals surface area contributed by atoms with Crippen molar-refractivity contribution in [2.24, 2.45) is 13.0 Å². The molecule has 0 spiro atoms. The van der Waals surface area contributed by atoms with Crippen LogP contribution in [0.4, 0.5) is 0 Å². The summed E-state index contributed by atoms with van der Waals surface area (Å²) in [5.74, 6) is 1.26. The van der Waals surface area contributed by atoms with E-state index >= 15 is 0 Å². The molecular weight excluding hydrogens is 280 g/mol. The van der Waals surface area contributed by atoms with Crippen molar-refractivity contribution >= 4 is 5.91 Å². The minimum Gasteiger partial charge on any atom is -0.490 e. The van der Waals surface area contributed by atoms with Gasteiger partial charge in [-0.15, -0.1) is 0 Å². The van der Waals surface area contributed by atoms with Gasteiger partial charge in [-0.05, 0) is 18.9 Å². The maximum absolute atomic E-state index is 12.0. The van der Waals surface area contributed by atoms with E-state index in [1.807, 2.05) is 17.9 Å². The first kappa shape index (κ1) is 16.6. The summed E-state index contributed by atoms with van der Waals surface area (Å²) >= 11 is 0. The zero-order valence-electron chi connectivity index (χ0n) is 14.0. The lowest BCUT2D eigenvalue weighted by Gasteiger charge is -2.32. The van der Waals surface area contributed by atoms with E-state index in [0.717, 1.165) is 31.6 Å². The number of amides is 1. The van der Waals surface area contributed by atoms with E-state index in [2.05, 4.69) is 13.8 Å². The predicted octanol–water partition coefficient (Wildman–Crippen LogP) is 2.11. The van der Waals surface area contributed by atoms with E-state index in [9.17, 15) is 9.59 Å². The van der Waals surface area contributed by atoms with Gasteiger partial charge in [0.05, 0.1) is 0 Å². The van der Waals surface area contributed by atoms with Gasteiger partial charge in [0, 0.05) is 51.2 Å². The van der Waals surface area contributed by atoms with Crippen LogP contribution in [-0.4, -0.2) is 34.6 Å². The fourth-order valence-corrected chi connectivity index (χ4v) is 2.70. The molecule has 1 aliphatic rings. The molecule has 1 saturated heterocycles. The van der Waals surface area contributed by atoms with E-state index in [1.165, 1.54) is 6.07 Å². The molecule has 1 aromatic rings. The number of rotatable bonds is 4. The molecule has 5 nitrogen and oxygen atoms in total. The lowest BCUT2D eigenvalue weighted by molar-refractivity contribution is -0.133. The molecule has 1 aliphatic heterocycles. The van der Waals surface area contributed by atoms with Gasteiger partial charge in [-0.3, -0.25) is 9.59 Å². The molecule has 122 valence electrons. The van der Waals surface area contributed by atoms with Crippen LogP contribution in [0.25, 0.3) is 0 Å². The third kappa shape index (κ3) is 4.12. The Morgan fingerprint density at radius 3 is 2.50 bits per heavy atom. The Bertz CT molecular complexity index is 584. The van der Waals surface area contributed by atoms with E-state index in [1.54, 1.807) is 11.6 Å². The van der Waals surface area contributed by atoms with E-state index in [4.69, 9.17) is 4.74 Å². The first-order valence-electron chi connectivity index (χ1n) is 7.99. The number of piperidine rings is 1. The Kier molecular flexibility index (Phi) is 5.27. The summed E-state index contributed by atoms with van der Waals surface area (Å²) < 4.78 is 7.53. The second kappa shape index (κ2) is 6.99. The van der Waals surface area contributed by atoms with Crippen LogP contribution in [0.3, 0.4) is 0 Å². The van der Waals surface area contributed by atoms with Crippen LogP contribution < -0.4 is 10.3 Å². The summed E-state index contributed by atoms with van der Waals surface area (Å²) in [5.41, 5.74) is 0.826. The van der Waals surface area contributed by atoms with Crippen molar-refractivity contribution in [1.82, 2.24) is 9.47 Å². The van der Waals surface area contributed by atoms with Crippen LogP contribution in [0.1, 0.15) is 38.8 Å². The molecule has 1 aromatic heterocycles. The Morgan fingerprint density at radius 1 is 1.32 bits per heavy atom. The van der Waals surface area contributed by atoms with Gasteiger partial charge in [0.1, 0.15) is 11.9 Å². The van der Waals surface area contributed by atoms with Crippen LogP contribution in [0, 0.1) is 12.8 Å². The molecule has 0 atom stereocenters. The van der Waals surface area contributed by atoms with Gasteiger partial charge in [0.15, 0.2) is 0 Å². The highest BCUT2D eigenvalue weighted by Crippen LogP contribution is 2.19. The van der Waals surface area contributed by atoms with Gasteiger partial charge in [0.25, 0.3) is 5.56 Å². The van der Waals surface area contributed by atoms with Crippen molar-refractivity contribution < 1.29 is 9.53 Å². The number of hydrogen-bond donors (Lipinski definition) is 0. The smallest absolute Gasteiger partial charge is 0.254 e. The Morgan fingerprint density at radius 2 is 1.95 bits per heavy atom. The normalized spacial score (nSPS) is 16.1. The van der Waals surface area contributed by atoms with Crippen LogP contribution in [0.15, 0.2) is 16.9 Å². The van der Waals surface area contributed by atoms with E-state index < -0.39 is 0 Å². The van der Waals surface area contributed by atoms with E-state index in [-0.39, 0.29) is 17.6 Å². The third-order valence-electron chi connectivity index (χ3n) is 4.16. The van der Waals surface area contributed by atoms with Crippen molar-refractivity contribution in [3.63, 3.8) is 0 Å². The van der Waals surface area contributed by atoms with Gasteiger partial charge in [-0.25, -0.2) is 0 Å². The number of aromatic nitrogens is 1. The number of carbonyl (C=O) groups is 1. The number of ether oxygens (including phenoxy) is 1. The zero-order valence-corrected chi connectivity index (χ0v) is 14.0. The quantitative estimate of drug-likeness (QED) is 0.856. The average molecular weight is 306 g/mol. The van der Waals surface area contributed by atoms with E-state index in [0.29, 0.717) is 18.1 Å². The number of aryl methyl sites for hydroxylation is 1. The first-order valence-corrected chi connectivity index (χ1v) is 7.99. The van der Waals surface area contributed by atoms with Gasteiger partial charge in [-0.1, -0.05) is 13.8 Å². The molecule has 0 bridgehead atoms. The van der Waals surface area contributed by atoms with Crippen molar-refractivity contribution in [3.8, 4) is 5.75 Å². The SMILES string of the molecule is Cc1cc(OC2CCN(C(=O)CC(C)C)CC2)cc(=O)n1C. The maximum atomic E-state index is 12.0.